The van der Waals surface area contributed by atoms with Crippen LogP contribution in [0.2, 0.25) is 0 Å². The Labute approximate surface area is 254 Å². The Balaban J connectivity index is 1.24. The first-order valence-corrected chi connectivity index (χ1v) is 15.0. The molecule has 0 amide bonds. The SMILES string of the molecule is CCc1nc(-c2cccc(-c3cccc(-c4nc(CC)c5ccc6ccccc6c5n4)n3)n2)nc2c1ccc1ccccc12. The second kappa shape index (κ2) is 10.6. The monoisotopic (exact) mass is 568 g/mol. The molecule has 8 rings (SSSR count). The Morgan fingerprint density at radius 3 is 1.25 bits per heavy atom. The van der Waals surface area contributed by atoms with Crippen LogP contribution in [-0.4, -0.2) is 29.9 Å². The molecule has 4 aromatic carbocycles. The summed E-state index contributed by atoms with van der Waals surface area (Å²) in [5.41, 5.74) is 6.82. The molecule has 210 valence electrons. The van der Waals surface area contributed by atoms with Crippen LogP contribution < -0.4 is 0 Å². The minimum absolute atomic E-state index is 0.612. The maximum atomic E-state index is 5.04. The van der Waals surface area contributed by atoms with Crippen molar-refractivity contribution >= 4 is 43.4 Å². The fourth-order valence-corrected chi connectivity index (χ4v) is 6.03. The number of fused-ring (bicyclic) bond motifs is 6. The highest BCUT2D eigenvalue weighted by Gasteiger charge is 2.15. The molecule has 44 heavy (non-hydrogen) atoms. The number of aryl methyl sites for hydroxylation is 2. The van der Waals surface area contributed by atoms with Crippen LogP contribution in [0, 0.1) is 0 Å². The summed E-state index contributed by atoms with van der Waals surface area (Å²) in [5, 5.41) is 6.70. The van der Waals surface area contributed by atoms with Gasteiger partial charge in [0.2, 0.25) is 0 Å². The van der Waals surface area contributed by atoms with Crippen LogP contribution in [0.1, 0.15) is 25.2 Å². The van der Waals surface area contributed by atoms with E-state index < -0.39 is 0 Å². The third kappa shape index (κ3) is 4.34. The fraction of sp³-hybridized carbons (Fsp3) is 0.105. The number of pyridine rings is 2. The van der Waals surface area contributed by atoms with Gasteiger partial charge in [-0.15, -0.1) is 0 Å². The lowest BCUT2D eigenvalue weighted by Crippen LogP contribution is -2.01. The second-order valence-corrected chi connectivity index (χ2v) is 10.9. The summed E-state index contributed by atoms with van der Waals surface area (Å²) in [6.45, 7) is 4.25. The molecule has 0 aliphatic carbocycles. The van der Waals surface area contributed by atoms with Crippen molar-refractivity contribution in [2.75, 3.05) is 0 Å². The van der Waals surface area contributed by atoms with Gasteiger partial charge in [0.25, 0.3) is 0 Å². The van der Waals surface area contributed by atoms with Crippen molar-refractivity contribution in [2.45, 2.75) is 26.7 Å². The molecule has 4 aromatic heterocycles. The van der Waals surface area contributed by atoms with Gasteiger partial charge in [0.1, 0.15) is 11.4 Å². The molecule has 0 fully saturated rings. The summed E-state index contributed by atoms with van der Waals surface area (Å²) in [6.07, 6.45) is 1.60. The third-order valence-corrected chi connectivity index (χ3v) is 8.23. The van der Waals surface area contributed by atoms with Gasteiger partial charge in [0, 0.05) is 21.5 Å². The van der Waals surface area contributed by atoms with E-state index in [2.05, 4.69) is 86.6 Å². The van der Waals surface area contributed by atoms with Crippen LogP contribution in [-0.2, 0) is 12.8 Å². The molecule has 0 atom stereocenters. The third-order valence-electron chi connectivity index (χ3n) is 8.23. The van der Waals surface area contributed by atoms with Gasteiger partial charge in [-0.3, -0.25) is 0 Å². The summed E-state index contributed by atoms with van der Waals surface area (Å²) in [6, 6.07) is 37.1. The Hall–Kier alpha value is -5.62. The molecule has 0 unspecified atom stereocenters. The predicted molar refractivity (Wildman–Crippen MR) is 178 cm³/mol. The van der Waals surface area contributed by atoms with Gasteiger partial charge in [0.15, 0.2) is 11.6 Å². The normalized spacial score (nSPS) is 11.6. The number of hydrogen-bond acceptors (Lipinski definition) is 6. The van der Waals surface area contributed by atoms with E-state index in [1.165, 1.54) is 0 Å². The van der Waals surface area contributed by atoms with Crippen LogP contribution in [0.3, 0.4) is 0 Å². The molecule has 4 heterocycles. The minimum atomic E-state index is 0.612. The molecule has 0 radical (unpaired) electrons. The van der Waals surface area contributed by atoms with E-state index in [1.807, 2.05) is 36.4 Å². The standard InChI is InChI=1S/C38H28N6/c1-3-29-27-21-19-23-11-5-7-13-25(23)35(27)43-37(41-29)33-17-9-15-31(39-33)32-16-10-18-34(40-32)38-42-30(4-2)28-22-20-24-12-6-8-14-26(24)36(28)44-38/h5-22H,3-4H2,1-2H3. The molecule has 6 nitrogen and oxygen atoms in total. The van der Waals surface area contributed by atoms with Gasteiger partial charge >= 0.3 is 0 Å². The van der Waals surface area contributed by atoms with Crippen LogP contribution in [0.25, 0.3) is 77.8 Å². The summed E-state index contributed by atoms with van der Waals surface area (Å²) in [7, 11) is 0. The Bertz CT molecular complexity index is 2210. The van der Waals surface area contributed by atoms with E-state index in [9.17, 15) is 0 Å². The first-order chi connectivity index (χ1) is 21.7. The quantitative estimate of drug-likeness (QED) is 0.193. The van der Waals surface area contributed by atoms with E-state index in [0.29, 0.717) is 23.0 Å². The molecule has 0 spiro atoms. The molecular weight excluding hydrogens is 540 g/mol. The van der Waals surface area contributed by atoms with Crippen molar-refractivity contribution < 1.29 is 0 Å². The van der Waals surface area contributed by atoms with Crippen molar-refractivity contribution in [1.82, 2.24) is 29.9 Å². The number of rotatable bonds is 5. The van der Waals surface area contributed by atoms with Crippen molar-refractivity contribution in [3.8, 4) is 34.4 Å². The highest BCUT2D eigenvalue weighted by Crippen LogP contribution is 2.31. The average molecular weight is 569 g/mol. The Morgan fingerprint density at radius 2 is 0.795 bits per heavy atom. The zero-order valence-electron chi connectivity index (χ0n) is 24.5. The van der Waals surface area contributed by atoms with Crippen LogP contribution in [0.4, 0.5) is 0 Å². The van der Waals surface area contributed by atoms with E-state index in [4.69, 9.17) is 29.9 Å². The lowest BCUT2D eigenvalue weighted by atomic mass is 10.0. The highest BCUT2D eigenvalue weighted by atomic mass is 15.0. The molecule has 6 heteroatoms. The molecule has 0 aliphatic rings. The lowest BCUT2D eigenvalue weighted by Gasteiger charge is -2.11. The van der Waals surface area contributed by atoms with Gasteiger partial charge in [-0.2, -0.15) is 0 Å². The van der Waals surface area contributed by atoms with Crippen LogP contribution >= 0.6 is 0 Å². The molecule has 0 saturated carbocycles. The maximum absolute atomic E-state index is 5.04. The molecule has 0 aliphatic heterocycles. The smallest absolute Gasteiger partial charge is 0.179 e. The predicted octanol–water partition coefficient (Wildman–Crippen LogP) is 8.80. The first kappa shape index (κ1) is 26.0. The van der Waals surface area contributed by atoms with Crippen molar-refractivity contribution in [3.05, 3.63) is 121 Å². The van der Waals surface area contributed by atoms with E-state index in [-0.39, 0.29) is 0 Å². The van der Waals surface area contributed by atoms with Gasteiger partial charge in [-0.05, 0) is 47.9 Å². The summed E-state index contributed by atoms with van der Waals surface area (Å²) in [4.78, 5) is 30.0. The van der Waals surface area contributed by atoms with Crippen molar-refractivity contribution in [2.24, 2.45) is 0 Å². The molecule has 0 N–H and O–H groups in total. The van der Waals surface area contributed by atoms with E-state index in [0.717, 1.165) is 79.0 Å². The van der Waals surface area contributed by atoms with Gasteiger partial charge < -0.3 is 0 Å². The van der Waals surface area contributed by atoms with Crippen LogP contribution in [0.15, 0.2) is 109 Å². The number of nitrogens with zero attached hydrogens (tertiary/aromatic N) is 6. The van der Waals surface area contributed by atoms with Gasteiger partial charge in [-0.25, -0.2) is 29.9 Å². The fourth-order valence-electron chi connectivity index (χ4n) is 6.03. The first-order valence-electron chi connectivity index (χ1n) is 15.0. The van der Waals surface area contributed by atoms with Gasteiger partial charge in [0.05, 0.1) is 33.8 Å². The molecule has 0 saturated heterocycles. The van der Waals surface area contributed by atoms with Crippen LogP contribution in [0.5, 0.6) is 0 Å². The molecular formula is C38H28N6. The minimum Gasteiger partial charge on any atom is -0.243 e. The van der Waals surface area contributed by atoms with Gasteiger partial charge in [-0.1, -0.05) is 98.8 Å². The van der Waals surface area contributed by atoms with E-state index >= 15 is 0 Å². The summed E-state index contributed by atoms with van der Waals surface area (Å²) < 4.78 is 0. The topological polar surface area (TPSA) is 77.3 Å². The zero-order valence-corrected chi connectivity index (χ0v) is 24.5. The lowest BCUT2D eigenvalue weighted by molar-refractivity contribution is 1.03. The maximum Gasteiger partial charge on any atom is 0.179 e. The van der Waals surface area contributed by atoms with Crippen molar-refractivity contribution in [1.29, 1.82) is 0 Å². The average Bonchev–Trinajstić information content (AvgIpc) is 3.10. The largest absolute Gasteiger partial charge is 0.243 e. The molecule has 8 aromatic rings. The summed E-state index contributed by atoms with van der Waals surface area (Å²) >= 11 is 0. The zero-order chi connectivity index (χ0) is 29.6. The summed E-state index contributed by atoms with van der Waals surface area (Å²) in [5.74, 6) is 1.22. The van der Waals surface area contributed by atoms with Crippen molar-refractivity contribution in [3.63, 3.8) is 0 Å². The second-order valence-electron chi connectivity index (χ2n) is 10.9. The highest BCUT2D eigenvalue weighted by molar-refractivity contribution is 6.07. The number of benzene rings is 4. The number of aromatic nitrogens is 6. The Morgan fingerprint density at radius 1 is 0.364 bits per heavy atom. The van der Waals surface area contributed by atoms with E-state index in [1.54, 1.807) is 0 Å². The Kier molecular flexibility index (Phi) is 6.26. The molecule has 0 bridgehead atoms. The number of hydrogen-bond donors (Lipinski definition) is 0.